The molecule has 0 bridgehead atoms. The first-order chi connectivity index (χ1) is 20.1. The minimum Gasteiger partial charge on any atom is -0.495 e. The van der Waals surface area contributed by atoms with E-state index in [2.05, 4.69) is 5.32 Å². The number of amides is 2. The summed E-state index contributed by atoms with van der Waals surface area (Å²) in [5.74, 6) is -1.02. The number of nitrogens with zero attached hydrogens (tertiary/aromatic N) is 3. The Morgan fingerprint density at radius 2 is 1.67 bits per heavy atom. The number of hydrogen-bond acceptors (Lipinski definition) is 7. The average molecular weight is 631 g/mol. The molecular formula is C30H35ClN4O7S. The first-order valence-electron chi connectivity index (χ1n) is 13.4. The highest BCUT2D eigenvalue weighted by molar-refractivity contribution is 7.92. The van der Waals surface area contributed by atoms with Crippen molar-refractivity contribution in [2.75, 3.05) is 18.0 Å². The minimum atomic E-state index is -4.61. The number of rotatable bonds is 12. The third kappa shape index (κ3) is 8.02. The van der Waals surface area contributed by atoms with Gasteiger partial charge in [0.25, 0.3) is 15.7 Å². The molecule has 3 rings (SSSR count). The fourth-order valence-corrected chi connectivity index (χ4v) is 5.93. The smallest absolute Gasteiger partial charge is 0.273 e. The van der Waals surface area contributed by atoms with E-state index in [9.17, 15) is 28.1 Å². The van der Waals surface area contributed by atoms with Gasteiger partial charge in [-0.15, -0.1) is 0 Å². The van der Waals surface area contributed by atoms with Crippen LogP contribution in [0, 0.1) is 24.0 Å². The zero-order valence-corrected chi connectivity index (χ0v) is 26.4. The van der Waals surface area contributed by atoms with Crippen LogP contribution in [0.4, 0.5) is 11.4 Å². The van der Waals surface area contributed by atoms with Gasteiger partial charge in [0.2, 0.25) is 11.8 Å². The van der Waals surface area contributed by atoms with E-state index in [0.717, 1.165) is 21.5 Å². The molecule has 1 atom stereocenters. The molecule has 230 valence electrons. The van der Waals surface area contributed by atoms with Gasteiger partial charge in [-0.3, -0.25) is 24.0 Å². The lowest BCUT2D eigenvalue weighted by atomic mass is 10.1. The van der Waals surface area contributed by atoms with Crippen molar-refractivity contribution in [2.45, 2.75) is 58.1 Å². The highest BCUT2D eigenvalue weighted by Crippen LogP contribution is 2.36. The van der Waals surface area contributed by atoms with E-state index in [1.807, 2.05) is 31.2 Å². The molecule has 0 aliphatic heterocycles. The van der Waals surface area contributed by atoms with Crippen LogP contribution in [0.2, 0.25) is 5.02 Å². The molecule has 3 aromatic rings. The topological polar surface area (TPSA) is 139 Å². The van der Waals surface area contributed by atoms with Gasteiger partial charge in [-0.1, -0.05) is 47.5 Å². The minimum absolute atomic E-state index is 0.0162. The van der Waals surface area contributed by atoms with E-state index in [4.69, 9.17) is 16.3 Å². The van der Waals surface area contributed by atoms with Crippen LogP contribution >= 0.6 is 11.6 Å². The molecule has 1 N–H and O–H groups in total. The largest absolute Gasteiger partial charge is 0.495 e. The predicted molar refractivity (Wildman–Crippen MR) is 165 cm³/mol. The fraction of sp³-hybridized carbons (Fsp3) is 0.333. The van der Waals surface area contributed by atoms with Crippen molar-refractivity contribution in [3.63, 3.8) is 0 Å². The molecule has 0 spiro atoms. The fourth-order valence-electron chi connectivity index (χ4n) is 4.32. The quantitative estimate of drug-likeness (QED) is 0.219. The average Bonchev–Trinajstić information content (AvgIpc) is 2.94. The first kappa shape index (κ1) is 33.3. The lowest BCUT2D eigenvalue weighted by molar-refractivity contribution is -0.385. The Bertz CT molecular complexity index is 1610. The van der Waals surface area contributed by atoms with Gasteiger partial charge in [0.15, 0.2) is 0 Å². The number of methoxy groups -OCH3 is 1. The summed E-state index contributed by atoms with van der Waals surface area (Å²) in [7, 11) is -3.27. The number of hydrogen-bond donors (Lipinski definition) is 1. The molecule has 3 aromatic carbocycles. The van der Waals surface area contributed by atoms with E-state index in [1.165, 1.54) is 49.3 Å². The Balaban J connectivity index is 2.16. The number of carbonyl (C=O) groups is 2. The van der Waals surface area contributed by atoms with Gasteiger partial charge < -0.3 is 15.0 Å². The van der Waals surface area contributed by atoms with E-state index >= 15 is 0 Å². The summed E-state index contributed by atoms with van der Waals surface area (Å²) >= 11 is 6.25. The summed E-state index contributed by atoms with van der Waals surface area (Å²) in [6, 6.07) is 14.0. The molecule has 43 heavy (non-hydrogen) atoms. The van der Waals surface area contributed by atoms with Crippen molar-refractivity contribution in [3.8, 4) is 5.75 Å². The van der Waals surface area contributed by atoms with Crippen LogP contribution in [0.5, 0.6) is 5.75 Å². The molecule has 11 nitrogen and oxygen atoms in total. The molecule has 13 heteroatoms. The number of sulfonamides is 1. The van der Waals surface area contributed by atoms with Crippen molar-refractivity contribution in [3.05, 3.63) is 92.5 Å². The van der Waals surface area contributed by atoms with Gasteiger partial charge in [-0.2, -0.15) is 0 Å². The number of anilines is 1. The summed E-state index contributed by atoms with van der Waals surface area (Å²) in [5, 5.41) is 14.6. The molecule has 0 saturated heterocycles. The van der Waals surface area contributed by atoms with E-state index < -0.39 is 49.9 Å². The molecule has 0 aliphatic rings. The summed E-state index contributed by atoms with van der Waals surface area (Å²) < 4.78 is 34.5. The maximum atomic E-state index is 14.2. The number of ether oxygens (including phenoxy) is 1. The number of nitro benzene ring substituents is 1. The molecular weight excluding hydrogens is 596 g/mol. The Morgan fingerprint density at radius 3 is 2.26 bits per heavy atom. The zero-order valence-electron chi connectivity index (χ0n) is 24.8. The van der Waals surface area contributed by atoms with Crippen molar-refractivity contribution < 1.29 is 27.7 Å². The van der Waals surface area contributed by atoms with Crippen LogP contribution in [0.1, 0.15) is 37.5 Å². The summed E-state index contributed by atoms with van der Waals surface area (Å²) in [6.07, 6.45) is 0. The van der Waals surface area contributed by atoms with Gasteiger partial charge >= 0.3 is 0 Å². The summed E-state index contributed by atoms with van der Waals surface area (Å²) in [6.45, 7) is 7.80. The summed E-state index contributed by atoms with van der Waals surface area (Å²) in [5.41, 5.74) is 1.55. The maximum Gasteiger partial charge on any atom is 0.273 e. The number of carbonyl (C=O) groups excluding carboxylic acids is 2. The Hall–Kier alpha value is -4.16. The van der Waals surface area contributed by atoms with Gasteiger partial charge in [0, 0.05) is 29.2 Å². The van der Waals surface area contributed by atoms with Crippen molar-refractivity contribution in [2.24, 2.45) is 0 Å². The number of nitro groups is 1. The second-order valence-electron chi connectivity index (χ2n) is 10.4. The molecule has 0 heterocycles. The van der Waals surface area contributed by atoms with Crippen LogP contribution in [0.25, 0.3) is 0 Å². The van der Waals surface area contributed by atoms with Gasteiger partial charge in [-0.05, 0) is 64.4 Å². The molecule has 0 saturated carbocycles. The molecule has 1 unspecified atom stereocenters. The maximum absolute atomic E-state index is 14.2. The molecule has 0 aliphatic carbocycles. The monoisotopic (exact) mass is 630 g/mol. The van der Waals surface area contributed by atoms with Crippen LogP contribution < -0.4 is 14.4 Å². The predicted octanol–water partition coefficient (Wildman–Crippen LogP) is 5.01. The third-order valence-corrected chi connectivity index (χ3v) is 8.72. The Morgan fingerprint density at radius 1 is 1.02 bits per heavy atom. The van der Waals surface area contributed by atoms with Gasteiger partial charge in [0.1, 0.15) is 18.3 Å². The van der Waals surface area contributed by atoms with Crippen molar-refractivity contribution in [1.82, 2.24) is 10.2 Å². The third-order valence-electron chi connectivity index (χ3n) is 6.73. The van der Waals surface area contributed by atoms with Crippen LogP contribution in [-0.2, 0) is 26.2 Å². The van der Waals surface area contributed by atoms with Crippen LogP contribution in [-0.4, -0.2) is 55.8 Å². The number of aryl methyl sites for hydroxylation is 2. The SMILES string of the molecule is COc1ccc(Cl)cc1N(CC(=O)N(Cc1ccc(C)cc1)C(C)C(=O)NC(C)C)S(=O)(=O)c1ccc(C)c([N+](=O)[O-])c1. The lowest BCUT2D eigenvalue weighted by Gasteiger charge is -2.32. The number of halogens is 1. The molecule has 0 fully saturated rings. The second-order valence-corrected chi connectivity index (χ2v) is 12.7. The van der Waals surface area contributed by atoms with E-state index in [-0.39, 0.29) is 34.6 Å². The van der Waals surface area contributed by atoms with Crippen molar-refractivity contribution in [1.29, 1.82) is 0 Å². The van der Waals surface area contributed by atoms with E-state index in [0.29, 0.717) is 0 Å². The second kappa shape index (κ2) is 13.9. The molecule has 0 radical (unpaired) electrons. The Labute approximate surface area is 256 Å². The number of benzene rings is 3. The normalized spacial score (nSPS) is 12.0. The standard InChI is InChI=1S/C30H35ClN4O7S/c1-19(2)32-30(37)22(5)33(17-23-10-7-20(3)8-11-23)29(36)18-34(27-15-24(31)12-14-28(27)42-6)43(40,41)25-13-9-21(4)26(16-25)35(38)39/h7-16,19,22H,17-18H2,1-6H3,(H,32,37). The Kier molecular flexibility index (Phi) is 10.8. The van der Waals surface area contributed by atoms with Crippen molar-refractivity contribution >= 4 is 44.8 Å². The number of nitrogens with one attached hydrogen (secondary N) is 1. The lowest BCUT2D eigenvalue weighted by Crippen LogP contribution is -2.52. The highest BCUT2D eigenvalue weighted by atomic mass is 35.5. The zero-order chi connectivity index (χ0) is 32.1. The summed E-state index contributed by atoms with van der Waals surface area (Å²) in [4.78, 5) is 39.0. The van der Waals surface area contributed by atoms with Gasteiger partial charge in [0.05, 0.1) is 22.6 Å². The van der Waals surface area contributed by atoms with Crippen LogP contribution in [0.3, 0.4) is 0 Å². The van der Waals surface area contributed by atoms with Crippen LogP contribution in [0.15, 0.2) is 65.6 Å². The van der Waals surface area contributed by atoms with E-state index in [1.54, 1.807) is 20.8 Å². The molecule has 2 amide bonds. The molecule has 0 aromatic heterocycles. The first-order valence-corrected chi connectivity index (χ1v) is 15.2. The highest BCUT2D eigenvalue weighted by Gasteiger charge is 2.35. The van der Waals surface area contributed by atoms with Gasteiger partial charge in [-0.25, -0.2) is 8.42 Å².